The summed E-state index contributed by atoms with van der Waals surface area (Å²) in [6.45, 7) is 0. The fraction of sp³-hybridized carbons (Fsp3) is 0.176. The van der Waals surface area contributed by atoms with Gasteiger partial charge in [-0.05, 0) is 0 Å². The Kier molecular flexibility index (Phi) is 9.13. The van der Waals surface area contributed by atoms with Gasteiger partial charge in [-0.2, -0.15) is 0 Å². The van der Waals surface area contributed by atoms with E-state index in [4.69, 9.17) is 0 Å². The molecule has 0 saturated heterocycles. The van der Waals surface area contributed by atoms with Crippen LogP contribution in [0, 0.1) is 23.3 Å². The third kappa shape index (κ3) is 5.93. The third-order valence-electron chi connectivity index (χ3n) is 8.32. The maximum absolute atomic E-state index is 16.0. The molecule has 0 radical (unpaired) electrons. The maximum atomic E-state index is 16.0. The van der Waals surface area contributed by atoms with Crippen LogP contribution in [0.3, 0.4) is 0 Å². The van der Waals surface area contributed by atoms with Gasteiger partial charge in [0.25, 0.3) is 0 Å². The van der Waals surface area contributed by atoms with Crippen molar-refractivity contribution in [3.8, 4) is 51.5 Å². The van der Waals surface area contributed by atoms with Crippen LogP contribution >= 0.6 is 68.8 Å². The molecule has 0 saturated carbocycles. The number of rotatable bonds is 7. The molecule has 2 aromatic carbocycles. The van der Waals surface area contributed by atoms with Gasteiger partial charge in [-0.3, -0.25) is 0 Å². The number of hydrogen-bond donors (Lipinski definition) is 0. The molecule has 0 aliphatic carbocycles. The van der Waals surface area contributed by atoms with Crippen LogP contribution in [-0.2, 0) is 0 Å². The molecule has 0 aliphatic rings. The second-order valence-electron chi connectivity index (χ2n) is 13.8. The number of nitrogens with zero attached hydrogens (tertiary/aromatic N) is 4. The molecule has 0 N–H and O–H groups in total. The zero-order chi connectivity index (χ0) is 35.3. The van der Waals surface area contributed by atoms with Crippen molar-refractivity contribution in [3.63, 3.8) is 0 Å². The van der Waals surface area contributed by atoms with Gasteiger partial charge < -0.3 is 0 Å². The Morgan fingerprint density at radius 1 is 0.380 bits per heavy atom. The number of halogens is 4. The van der Waals surface area contributed by atoms with E-state index in [1.807, 2.05) is 36.4 Å². The quantitative estimate of drug-likeness (QED) is 0.118. The Morgan fingerprint density at radius 2 is 0.640 bits per heavy atom. The number of aromatic nitrogens is 4. The fourth-order valence-electron chi connectivity index (χ4n) is 5.75. The average molecular weight is 996 g/mol. The minimum atomic E-state index is -2.43. The second-order valence-corrected chi connectivity index (χ2v) is 50.1. The average Bonchev–Trinajstić information content (AvgIpc) is 3.89. The standard InChI is InChI=1S/C28H8F4N4S6.6CH3.2Sn/c29-21-17(13-3-1-9-37-13)25-27(35-41-33-25)19(23(21)31)15-7-5-11(39-15)12-6-8-16(40-12)20-24(32)22(30)18(14-4-2-10-38-14)26-28(20)36-42-34-26;;;;;;;;/h1-8H;6*1H3;;. The van der Waals surface area contributed by atoms with Crippen molar-refractivity contribution in [2.45, 2.75) is 29.6 Å². The molecule has 0 unspecified atom stereocenters. The summed E-state index contributed by atoms with van der Waals surface area (Å²) in [6.07, 6.45) is 0. The molecule has 6 heterocycles. The SMILES string of the molecule is [CH3][Sn]([CH3])([CH3])[c]1ccc(-c2c(F)c(F)c(-c3ccc(-c4ccc(-c5c(F)c(F)c(-c6cc[c]([Sn]([CH3])([CH3])[CH3])s6)c6nsnc56)s4)s3)c3nsnc23)s1. The van der Waals surface area contributed by atoms with Crippen LogP contribution in [0.4, 0.5) is 17.6 Å². The molecular weight excluding hydrogens is 970 g/mol. The molecule has 0 atom stereocenters. The number of thiophene rings is 4. The van der Waals surface area contributed by atoms with Gasteiger partial charge in [0.1, 0.15) is 0 Å². The van der Waals surface area contributed by atoms with Crippen LogP contribution in [0.1, 0.15) is 0 Å². The van der Waals surface area contributed by atoms with E-state index in [1.54, 1.807) is 12.1 Å². The molecule has 0 aliphatic heterocycles. The van der Waals surface area contributed by atoms with Crippen molar-refractivity contribution in [3.05, 3.63) is 71.8 Å². The Labute approximate surface area is 317 Å². The topological polar surface area (TPSA) is 51.6 Å². The van der Waals surface area contributed by atoms with Crippen LogP contribution in [-0.4, -0.2) is 54.2 Å². The monoisotopic (exact) mass is 998 g/mol. The van der Waals surface area contributed by atoms with E-state index in [-0.39, 0.29) is 22.3 Å². The molecule has 6 aromatic heterocycles. The molecule has 0 spiro atoms. The zero-order valence-corrected chi connectivity index (χ0v) is 38.0. The predicted molar refractivity (Wildman–Crippen MR) is 213 cm³/mol. The van der Waals surface area contributed by atoms with Crippen LogP contribution in [0.5, 0.6) is 0 Å². The first-order chi connectivity index (χ1) is 23.7. The molecule has 16 heteroatoms. The van der Waals surface area contributed by atoms with E-state index >= 15 is 17.6 Å². The van der Waals surface area contributed by atoms with Crippen LogP contribution < -0.4 is 5.79 Å². The van der Waals surface area contributed by atoms with Crippen molar-refractivity contribution in [2.75, 3.05) is 0 Å². The third-order valence-corrected chi connectivity index (χ3v) is 33.0. The first-order valence-electron chi connectivity index (χ1n) is 15.4. The van der Waals surface area contributed by atoms with Gasteiger partial charge in [0.05, 0.1) is 0 Å². The Bertz CT molecular complexity index is 2420. The van der Waals surface area contributed by atoms with Crippen LogP contribution in [0.2, 0.25) is 29.6 Å². The molecular formula is C34H26F4N4S6Sn2. The van der Waals surface area contributed by atoms with E-state index in [1.165, 1.54) is 51.1 Å². The van der Waals surface area contributed by atoms with Crippen molar-refractivity contribution < 1.29 is 17.6 Å². The zero-order valence-electron chi connectivity index (χ0n) is 27.4. The molecule has 0 amide bonds. The van der Waals surface area contributed by atoms with Gasteiger partial charge in [-0.1, -0.05) is 0 Å². The summed E-state index contributed by atoms with van der Waals surface area (Å²) < 4.78 is 84.1. The van der Waals surface area contributed by atoms with Gasteiger partial charge in [0.2, 0.25) is 0 Å². The molecule has 254 valence electrons. The van der Waals surface area contributed by atoms with E-state index in [9.17, 15) is 0 Å². The fourth-order valence-corrected chi connectivity index (χ4v) is 21.7. The van der Waals surface area contributed by atoms with Crippen LogP contribution in [0.25, 0.3) is 73.6 Å². The van der Waals surface area contributed by atoms with Gasteiger partial charge in [-0.15, -0.1) is 0 Å². The summed E-state index contributed by atoms with van der Waals surface area (Å²) >= 11 is 2.59. The summed E-state index contributed by atoms with van der Waals surface area (Å²) in [6, 6.07) is 14.9. The van der Waals surface area contributed by atoms with E-state index < -0.39 is 60.0 Å². The first kappa shape index (κ1) is 35.2. The Balaban J connectivity index is 1.18. The Morgan fingerprint density at radius 3 is 0.920 bits per heavy atom. The first-order valence-corrected chi connectivity index (χ1v) is 40.1. The van der Waals surface area contributed by atoms with Gasteiger partial charge in [0, 0.05) is 0 Å². The van der Waals surface area contributed by atoms with Crippen molar-refractivity contribution in [1.29, 1.82) is 0 Å². The van der Waals surface area contributed by atoms with E-state index in [0.717, 1.165) is 33.2 Å². The summed E-state index contributed by atoms with van der Waals surface area (Å²) in [5.41, 5.74) is 1.77. The molecule has 0 fully saturated rings. The Hall–Kier alpha value is -1.80. The van der Waals surface area contributed by atoms with Gasteiger partial charge in [0.15, 0.2) is 0 Å². The van der Waals surface area contributed by atoms with E-state index in [2.05, 4.69) is 47.1 Å². The second kappa shape index (κ2) is 12.9. The van der Waals surface area contributed by atoms with Gasteiger partial charge >= 0.3 is 321 Å². The number of benzene rings is 2. The molecule has 0 bridgehead atoms. The van der Waals surface area contributed by atoms with Gasteiger partial charge in [-0.25, -0.2) is 0 Å². The molecule has 4 nitrogen and oxygen atoms in total. The molecule has 8 aromatic rings. The van der Waals surface area contributed by atoms with Crippen LogP contribution in [0.15, 0.2) is 48.5 Å². The molecule has 50 heavy (non-hydrogen) atoms. The summed E-state index contributed by atoms with van der Waals surface area (Å²) in [5, 5.41) is 0. The van der Waals surface area contributed by atoms with Crippen molar-refractivity contribution in [2.24, 2.45) is 0 Å². The predicted octanol–water partition coefficient (Wildman–Crippen LogP) is 11.9. The normalized spacial score (nSPS) is 12.6. The van der Waals surface area contributed by atoms with Crippen molar-refractivity contribution >= 4 is 133 Å². The number of hydrogen-bond acceptors (Lipinski definition) is 10. The minimum absolute atomic E-state index is 0.0704. The summed E-state index contributed by atoms with van der Waals surface area (Å²) in [4.78, 5) is 17.5. The summed E-state index contributed by atoms with van der Waals surface area (Å²) in [5.74, 6) is -3.80. The van der Waals surface area contributed by atoms with Crippen molar-refractivity contribution in [1.82, 2.24) is 17.5 Å². The molecule has 8 rings (SSSR count). The number of fused-ring (bicyclic) bond motifs is 2. The van der Waals surface area contributed by atoms with E-state index in [0.29, 0.717) is 41.6 Å². The summed E-state index contributed by atoms with van der Waals surface area (Å²) in [7, 11) is 0.